The molecular formula is C9H10FNO2S. The SMILES string of the molecule is O=C(O)c1ccc(SCCCF)nc1. The lowest BCUT2D eigenvalue weighted by Gasteiger charge is -1.99. The minimum absolute atomic E-state index is 0.167. The number of carbonyl (C=O) groups is 1. The topological polar surface area (TPSA) is 50.2 Å². The Hall–Kier alpha value is -1.10. The number of rotatable bonds is 5. The Kier molecular flexibility index (Phi) is 4.39. The summed E-state index contributed by atoms with van der Waals surface area (Å²) in [7, 11) is 0. The molecular weight excluding hydrogens is 205 g/mol. The number of aromatic carboxylic acids is 1. The van der Waals surface area contributed by atoms with Crippen LogP contribution in [0.1, 0.15) is 16.8 Å². The first-order valence-electron chi connectivity index (χ1n) is 4.12. The first kappa shape index (κ1) is 11.0. The lowest BCUT2D eigenvalue weighted by Crippen LogP contribution is -1.96. The van der Waals surface area contributed by atoms with Gasteiger partial charge in [0.1, 0.15) is 0 Å². The van der Waals surface area contributed by atoms with Crippen LogP contribution < -0.4 is 0 Å². The van der Waals surface area contributed by atoms with Crippen LogP contribution in [0.25, 0.3) is 0 Å². The summed E-state index contributed by atoms with van der Waals surface area (Å²) in [5.41, 5.74) is 0.167. The van der Waals surface area contributed by atoms with E-state index in [1.165, 1.54) is 24.0 Å². The molecule has 0 spiro atoms. The van der Waals surface area contributed by atoms with Crippen LogP contribution in [0.3, 0.4) is 0 Å². The van der Waals surface area contributed by atoms with Crippen molar-refractivity contribution in [3.8, 4) is 0 Å². The van der Waals surface area contributed by atoms with Crippen LogP contribution in [0.2, 0.25) is 0 Å². The molecule has 0 aliphatic rings. The number of aromatic nitrogens is 1. The number of halogens is 1. The molecule has 1 N–H and O–H groups in total. The number of carboxylic acids is 1. The number of nitrogens with zero attached hydrogens (tertiary/aromatic N) is 1. The molecule has 0 atom stereocenters. The third kappa shape index (κ3) is 3.33. The second-order valence-electron chi connectivity index (χ2n) is 2.58. The zero-order chi connectivity index (χ0) is 10.4. The van der Waals surface area contributed by atoms with Gasteiger partial charge in [-0.05, 0) is 18.6 Å². The molecule has 76 valence electrons. The van der Waals surface area contributed by atoms with E-state index in [4.69, 9.17) is 5.11 Å². The summed E-state index contributed by atoms with van der Waals surface area (Å²) in [5.74, 6) is -0.326. The number of carboxylic acid groups (broad SMARTS) is 1. The maximum atomic E-state index is 11.8. The maximum Gasteiger partial charge on any atom is 0.337 e. The molecule has 0 radical (unpaired) electrons. The van der Waals surface area contributed by atoms with E-state index in [0.717, 1.165) is 5.03 Å². The van der Waals surface area contributed by atoms with Gasteiger partial charge in [-0.15, -0.1) is 11.8 Å². The Morgan fingerprint density at radius 1 is 1.57 bits per heavy atom. The molecule has 1 aromatic rings. The van der Waals surface area contributed by atoms with Gasteiger partial charge in [-0.25, -0.2) is 9.78 Å². The molecule has 0 bridgehead atoms. The predicted octanol–water partition coefficient (Wildman–Crippen LogP) is 2.23. The molecule has 0 aliphatic carbocycles. The Bertz CT molecular complexity index is 302. The fraction of sp³-hybridized carbons (Fsp3) is 0.333. The average molecular weight is 215 g/mol. The molecule has 14 heavy (non-hydrogen) atoms. The summed E-state index contributed by atoms with van der Waals surface area (Å²) in [5, 5.41) is 9.32. The van der Waals surface area contributed by atoms with E-state index in [1.807, 2.05) is 0 Å². The van der Waals surface area contributed by atoms with Gasteiger partial charge in [0.2, 0.25) is 0 Å². The number of thioether (sulfide) groups is 1. The highest BCUT2D eigenvalue weighted by Gasteiger charge is 2.02. The van der Waals surface area contributed by atoms with Crippen LogP contribution in [0.15, 0.2) is 23.4 Å². The molecule has 1 aromatic heterocycles. The van der Waals surface area contributed by atoms with Crippen LogP contribution in [-0.4, -0.2) is 28.5 Å². The van der Waals surface area contributed by atoms with Gasteiger partial charge >= 0.3 is 5.97 Å². The van der Waals surface area contributed by atoms with E-state index in [0.29, 0.717) is 12.2 Å². The van der Waals surface area contributed by atoms with Crippen molar-refractivity contribution in [3.63, 3.8) is 0 Å². The zero-order valence-corrected chi connectivity index (χ0v) is 8.26. The van der Waals surface area contributed by atoms with Gasteiger partial charge in [0, 0.05) is 11.9 Å². The van der Waals surface area contributed by atoms with Crippen molar-refractivity contribution < 1.29 is 14.3 Å². The summed E-state index contributed by atoms with van der Waals surface area (Å²) in [4.78, 5) is 14.4. The van der Waals surface area contributed by atoms with E-state index in [-0.39, 0.29) is 12.2 Å². The molecule has 0 aliphatic heterocycles. The highest BCUT2D eigenvalue weighted by atomic mass is 32.2. The molecule has 0 aromatic carbocycles. The first-order chi connectivity index (χ1) is 6.74. The molecule has 3 nitrogen and oxygen atoms in total. The standard InChI is InChI=1S/C9H10FNO2S/c10-4-1-5-14-8-3-2-7(6-11-8)9(12)13/h2-3,6H,1,4-5H2,(H,12,13). The second kappa shape index (κ2) is 5.59. The van der Waals surface area contributed by atoms with E-state index in [9.17, 15) is 9.18 Å². The fourth-order valence-electron chi connectivity index (χ4n) is 0.823. The molecule has 0 fully saturated rings. The molecule has 0 saturated carbocycles. The third-order valence-corrected chi connectivity index (χ3v) is 2.54. The fourth-order valence-corrected chi connectivity index (χ4v) is 1.58. The van der Waals surface area contributed by atoms with Crippen LogP contribution in [0, 0.1) is 0 Å². The third-order valence-electron chi connectivity index (χ3n) is 1.51. The van der Waals surface area contributed by atoms with Gasteiger partial charge in [-0.1, -0.05) is 0 Å². The minimum atomic E-state index is -0.988. The molecule has 1 rings (SSSR count). The van der Waals surface area contributed by atoms with Crippen molar-refractivity contribution in [2.24, 2.45) is 0 Å². The van der Waals surface area contributed by atoms with Gasteiger partial charge in [-0.2, -0.15) is 0 Å². The Morgan fingerprint density at radius 3 is 2.86 bits per heavy atom. The average Bonchev–Trinajstić information content (AvgIpc) is 2.19. The van der Waals surface area contributed by atoms with Gasteiger partial charge < -0.3 is 5.11 Å². The predicted molar refractivity (Wildman–Crippen MR) is 52.5 cm³/mol. The van der Waals surface area contributed by atoms with Crippen LogP contribution in [0.4, 0.5) is 4.39 Å². The summed E-state index contributed by atoms with van der Waals surface area (Å²) < 4.78 is 11.8. The monoisotopic (exact) mass is 215 g/mol. The molecule has 0 saturated heterocycles. The van der Waals surface area contributed by atoms with Crippen LogP contribution in [0.5, 0.6) is 0 Å². The lowest BCUT2D eigenvalue weighted by atomic mass is 10.3. The highest BCUT2D eigenvalue weighted by molar-refractivity contribution is 7.99. The van der Waals surface area contributed by atoms with Crippen LogP contribution in [-0.2, 0) is 0 Å². The normalized spacial score (nSPS) is 10.1. The van der Waals surface area contributed by atoms with Crippen molar-refractivity contribution in [2.75, 3.05) is 12.4 Å². The van der Waals surface area contributed by atoms with Gasteiger partial charge in [0.25, 0.3) is 0 Å². The van der Waals surface area contributed by atoms with E-state index in [2.05, 4.69) is 4.98 Å². The minimum Gasteiger partial charge on any atom is -0.478 e. The van der Waals surface area contributed by atoms with Gasteiger partial charge in [-0.3, -0.25) is 4.39 Å². The smallest absolute Gasteiger partial charge is 0.337 e. The van der Waals surface area contributed by atoms with Crippen molar-refractivity contribution in [1.29, 1.82) is 0 Å². The zero-order valence-electron chi connectivity index (χ0n) is 7.44. The second-order valence-corrected chi connectivity index (χ2v) is 3.70. The summed E-state index contributed by atoms with van der Waals surface area (Å²) in [6.07, 6.45) is 1.80. The number of hydrogen-bond donors (Lipinski definition) is 1. The van der Waals surface area contributed by atoms with Crippen molar-refractivity contribution in [2.45, 2.75) is 11.4 Å². The van der Waals surface area contributed by atoms with Gasteiger partial charge in [0.15, 0.2) is 0 Å². The number of hydrogen-bond acceptors (Lipinski definition) is 3. The number of pyridine rings is 1. The van der Waals surface area contributed by atoms with E-state index in [1.54, 1.807) is 6.07 Å². The van der Waals surface area contributed by atoms with E-state index < -0.39 is 5.97 Å². The summed E-state index contributed by atoms with van der Waals surface area (Å²) in [6, 6.07) is 3.12. The molecule has 0 unspecified atom stereocenters. The molecule has 1 heterocycles. The lowest BCUT2D eigenvalue weighted by molar-refractivity contribution is 0.0696. The Morgan fingerprint density at radius 2 is 2.36 bits per heavy atom. The van der Waals surface area contributed by atoms with Crippen molar-refractivity contribution in [3.05, 3.63) is 23.9 Å². The molecule has 5 heteroatoms. The molecule has 0 amide bonds. The van der Waals surface area contributed by atoms with Gasteiger partial charge in [0.05, 0.1) is 17.3 Å². The van der Waals surface area contributed by atoms with Crippen LogP contribution >= 0.6 is 11.8 Å². The Balaban J connectivity index is 2.51. The first-order valence-corrected chi connectivity index (χ1v) is 5.10. The highest BCUT2D eigenvalue weighted by Crippen LogP contribution is 2.16. The van der Waals surface area contributed by atoms with Crippen molar-refractivity contribution >= 4 is 17.7 Å². The number of alkyl halides is 1. The largest absolute Gasteiger partial charge is 0.478 e. The Labute approximate surface area is 85.4 Å². The maximum absolute atomic E-state index is 11.8. The summed E-state index contributed by atoms with van der Waals surface area (Å²) >= 11 is 1.42. The summed E-state index contributed by atoms with van der Waals surface area (Å²) in [6.45, 7) is -0.333. The van der Waals surface area contributed by atoms with E-state index >= 15 is 0 Å². The van der Waals surface area contributed by atoms with Crippen molar-refractivity contribution in [1.82, 2.24) is 4.98 Å². The quantitative estimate of drug-likeness (QED) is 0.604.